The van der Waals surface area contributed by atoms with Gasteiger partial charge in [-0.15, -0.1) is 0 Å². The Balaban J connectivity index is 0.00000257. The number of esters is 2. The molecule has 1 N–H and O–H groups in total. The molecule has 5 rings (SSSR count). The summed E-state index contributed by atoms with van der Waals surface area (Å²) >= 11 is 0. The number of carbonyl (C=O) groups excluding carboxylic acids is 3. The van der Waals surface area contributed by atoms with Crippen molar-refractivity contribution in [2.24, 2.45) is 10.8 Å². The van der Waals surface area contributed by atoms with E-state index in [0.717, 1.165) is 16.7 Å². The van der Waals surface area contributed by atoms with Gasteiger partial charge in [-0.1, -0.05) is 58.9 Å². The second kappa shape index (κ2) is 16.2. The van der Waals surface area contributed by atoms with Crippen LogP contribution in [0.15, 0.2) is 53.4 Å². The molecule has 2 aliphatic rings. The molecule has 1 aliphatic carbocycles. The van der Waals surface area contributed by atoms with E-state index in [1.807, 2.05) is 66.7 Å². The number of rotatable bonds is 7. The van der Waals surface area contributed by atoms with Crippen molar-refractivity contribution in [2.45, 2.75) is 125 Å². The molecule has 1 aliphatic heterocycles. The van der Waals surface area contributed by atoms with Crippen molar-refractivity contribution in [3.63, 3.8) is 0 Å². The summed E-state index contributed by atoms with van der Waals surface area (Å²) in [6.07, 6.45) is -0.556. The van der Waals surface area contributed by atoms with Crippen LogP contribution in [0.25, 0.3) is 11.3 Å². The van der Waals surface area contributed by atoms with Crippen LogP contribution in [0.1, 0.15) is 104 Å². The van der Waals surface area contributed by atoms with Crippen LogP contribution in [-0.2, 0) is 29.1 Å². The largest absolute Gasteiger partial charge is 0.475 e. The second-order valence-electron chi connectivity index (χ2n) is 15.3. The number of fused-ring (bicyclic) bond motifs is 4. The minimum absolute atomic E-state index is 0. The number of hydrogen-bond donors (Lipinski definition) is 1. The van der Waals surface area contributed by atoms with Crippen molar-refractivity contribution >= 4 is 33.8 Å². The Morgan fingerprint density at radius 3 is 2.08 bits per heavy atom. The van der Waals surface area contributed by atoms with Crippen LogP contribution < -0.4 is 9.46 Å². The number of ether oxygens (including phenoxy) is 3. The first-order valence-electron chi connectivity index (χ1n) is 18.3. The number of hydrogen-bond acceptors (Lipinski definition) is 10. The first-order valence-corrected chi connectivity index (χ1v) is 19.7. The normalized spacial score (nSPS) is 18.2. The van der Waals surface area contributed by atoms with Crippen LogP contribution in [0.2, 0.25) is 0 Å². The van der Waals surface area contributed by atoms with Crippen LogP contribution in [0, 0.1) is 24.7 Å². The molecule has 0 spiro atoms. The third-order valence-electron chi connectivity index (χ3n) is 8.98. The van der Waals surface area contributed by atoms with Gasteiger partial charge in [0.15, 0.2) is 5.41 Å². The molecule has 4 bridgehead atoms. The van der Waals surface area contributed by atoms with Gasteiger partial charge in [-0.2, -0.15) is 4.98 Å². The molecule has 13 heteroatoms. The highest BCUT2D eigenvalue weighted by molar-refractivity contribution is 7.92. The third kappa shape index (κ3) is 9.35. The molecule has 53 heavy (non-hydrogen) atoms. The number of benzene rings is 2. The molecular formula is C40H56N4O8S. The van der Waals surface area contributed by atoms with E-state index >= 15 is 0 Å². The SMILES string of the molecule is CC.Cc1cccc(C)c1-c1cc2nc(n1)NS(=O)(=O)c1cccc(c1)C(=O)N(C1CC(C(=O)OC(C)C)(C(=O)OC(C)C)C1)[C@H](CC(C)(C)C)CO2.[HH]. The van der Waals surface area contributed by atoms with E-state index in [4.69, 9.17) is 14.2 Å². The molecule has 1 atom stereocenters. The monoisotopic (exact) mass is 752 g/mol. The molecule has 1 amide bonds. The Morgan fingerprint density at radius 2 is 1.53 bits per heavy atom. The van der Waals surface area contributed by atoms with Crippen molar-refractivity contribution in [1.29, 1.82) is 0 Å². The Kier molecular flexibility index (Phi) is 12.6. The lowest BCUT2D eigenvalue weighted by Crippen LogP contribution is -2.63. The van der Waals surface area contributed by atoms with Crippen molar-refractivity contribution in [2.75, 3.05) is 11.3 Å². The fourth-order valence-corrected chi connectivity index (χ4v) is 7.77. The molecule has 0 saturated heterocycles. The van der Waals surface area contributed by atoms with Crippen LogP contribution in [-0.4, -0.2) is 72.0 Å². The highest BCUT2D eigenvalue weighted by Crippen LogP contribution is 2.48. The van der Waals surface area contributed by atoms with Gasteiger partial charge in [0.1, 0.15) is 6.61 Å². The summed E-state index contributed by atoms with van der Waals surface area (Å²) in [6.45, 7) is 20.8. The number of sulfonamides is 1. The van der Waals surface area contributed by atoms with Crippen molar-refractivity contribution in [3.8, 4) is 17.1 Å². The zero-order valence-electron chi connectivity index (χ0n) is 32.8. The quantitative estimate of drug-likeness (QED) is 0.189. The topological polar surface area (TPSA) is 154 Å². The fraction of sp³-hybridized carbons (Fsp3) is 0.525. The average Bonchev–Trinajstić information content (AvgIpc) is 3.03. The summed E-state index contributed by atoms with van der Waals surface area (Å²) in [5.41, 5.74) is 1.35. The van der Waals surface area contributed by atoms with Crippen molar-refractivity contribution in [1.82, 2.24) is 14.9 Å². The van der Waals surface area contributed by atoms with Gasteiger partial charge in [0.2, 0.25) is 11.8 Å². The van der Waals surface area contributed by atoms with Gasteiger partial charge in [-0.05, 0) is 95.5 Å². The number of amides is 1. The van der Waals surface area contributed by atoms with E-state index in [-0.39, 0.29) is 48.6 Å². The summed E-state index contributed by atoms with van der Waals surface area (Å²) in [5, 5.41) is 0. The Morgan fingerprint density at radius 1 is 0.962 bits per heavy atom. The van der Waals surface area contributed by atoms with E-state index in [1.54, 1.807) is 44.7 Å². The lowest BCUT2D eigenvalue weighted by molar-refractivity contribution is -0.189. The van der Waals surface area contributed by atoms with Gasteiger partial charge in [0, 0.05) is 24.7 Å². The first-order chi connectivity index (χ1) is 24.8. The van der Waals surface area contributed by atoms with E-state index in [1.165, 1.54) is 18.2 Å². The lowest BCUT2D eigenvalue weighted by Gasteiger charge is -2.51. The zero-order chi connectivity index (χ0) is 39.5. The molecule has 0 unspecified atom stereocenters. The zero-order valence-corrected chi connectivity index (χ0v) is 33.6. The van der Waals surface area contributed by atoms with Gasteiger partial charge in [0.05, 0.1) is 28.8 Å². The number of aryl methyl sites for hydroxylation is 2. The van der Waals surface area contributed by atoms with Crippen LogP contribution >= 0.6 is 0 Å². The van der Waals surface area contributed by atoms with Gasteiger partial charge in [0.25, 0.3) is 15.9 Å². The first kappa shape index (κ1) is 41.2. The maximum atomic E-state index is 14.7. The fourth-order valence-electron chi connectivity index (χ4n) is 6.78. The number of anilines is 1. The predicted octanol–water partition coefficient (Wildman–Crippen LogP) is 7.52. The van der Waals surface area contributed by atoms with Gasteiger partial charge in [-0.3, -0.25) is 14.4 Å². The molecule has 290 valence electrons. The maximum absolute atomic E-state index is 14.7. The summed E-state index contributed by atoms with van der Waals surface area (Å²) in [4.78, 5) is 52.2. The number of nitrogens with one attached hydrogen (secondary N) is 1. The van der Waals surface area contributed by atoms with Gasteiger partial charge < -0.3 is 19.1 Å². The van der Waals surface area contributed by atoms with Crippen LogP contribution in [0.3, 0.4) is 0 Å². The predicted molar refractivity (Wildman–Crippen MR) is 205 cm³/mol. The molecule has 2 aromatic carbocycles. The van der Waals surface area contributed by atoms with Crippen LogP contribution in [0.4, 0.5) is 5.95 Å². The van der Waals surface area contributed by atoms with Crippen molar-refractivity contribution < 1.29 is 38.4 Å². The molecule has 0 radical (unpaired) electrons. The molecule has 1 saturated carbocycles. The highest BCUT2D eigenvalue weighted by atomic mass is 32.2. The Hall–Kier alpha value is -4.52. The molecule has 2 heterocycles. The number of carbonyl (C=O) groups is 3. The molecule has 1 aromatic heterocycles. The van der Waals surface area contributed by atoms with E-state index in [0.29, 0.717) is 12.1 Å². The van der Waals surface area contributed by atoms with E-state index in [2.05, 4.69) is 14.7 Å². The second-order valence-corrected chi connectivity index (χ2v) is 17.0. The molecule has 12 nitrogen and oxygen atoms in total. The smallest absolute Gasteiger partial charge is 0.323 e. The van der Waals surface area contributed by atoms with Gasteiger partial charge >= 0.3 is 11.9 Å². The maximum Gasteiger partial charge on any atom is 0.323 e. The van der Waals surface area contributed by atoms with Crippen LogP contribution in [0.5, 0.6) is 5.88 Å². The van der Waals surface area contributed by atoms with E-state index < -0.39 is 57.6 Å². The van der Waals surface area contributed by atoms with E-state index in [9.17, 15) is 22.8 Å². The summed E-state index contributed by atoms with van der Waals surface area (Å²) in [6, 6.07) is 12.0. The minimum atomic E-state index is -4.26. The van der Waals surface area contributed by atoms with Gasteiger partial charge in [-0.25, -0.2) is 18.1 Å². The Bertz CT molecular complexity index is 1890. The number of aromatic nitrogens is 2. The number of nitrogens with zero attached hydrogens (tertiary/aromatic N) is 3. The molecular weight excluding hydrogens is 697 g/mol. The highest BCUT2D eigenvalue weighted by Gasteiger charge is 2.61. The lowest BCUT2D eigenvalue weighted by atomic mass is 9.64. The van der Waals surface area contributed by atoms with Crippen molar-refractivity contribution in [3.05, 3.63) is 65.2 Å². The summed E-state index contributed by atoms with van der Waals surface area (Å²) in [5.74, 6) is -1.93. The standard InChI is InChI=1S/C38H48N4O8S.C2H6.H2/c1-22(2)49-34(44)38(35(45)50-23(3)4)19-27(20-38)42-28(18-37(7,8)9)21-48-31-17-30(32-24(5)12-10-13-25(32)6)39-36(40-31)41-51(46,47)29-15-11-14-26(16-29)33(42)43;1-2;/h10-17,22-23,27-28H,18-21H2,1-9H3,(H,39,40,41);1-2H3;1H/t28-;;/m1../s1. The minimum Gasteiger partial charge on any atom is -0.475 e. The summed E-state index contributed by atoms with van der Waals surface area (Å²) in [7, 11) is -4.26. The average molecular weight is 753 g/mol. The third-order valence-corrected chi connectivity index (χ3v) is 10.3. The molecule has 1 fully saturated rings. The Labute approximate surface area is 315 Å². The summed E-state index contributed by atoms with van der Waals surface area (Å²) < 4.78 is 47.4. The molecule has 3 aromatic rings.